The van der Waals surface area contributed by atoms with Crippen molar-refractivity contribution < 1.29 is 9.72 Å². The second kappa shape index (κ2) is 8.28. The average molecular weight is 372 g/mol. The van der Waals surface area contributed by atoms with E-state index in [2.05, 4.69) is 20.5 Å². The van der Waals surface area contributed by atoms with Crippen LogP contribution >= 0.6 is 0 Å². The zero-order valence-electron chi connectivity index (χ0n) is 15.5. The lowest BCUT2D eigenvalue weighted by Gasteiger charge is -2.35. The van der Waals surface area contributed by atoms with Crippen LogP contribution in [0.25, 0.3) is 0 Å². The number of imidazole rings is 1. The maximum absolute atomic E-state index is 12.4. The number of carbonyl (C=O) groups excluding carboxylic acids is 1. The first-order valence-corrected chi connectivity index (χ1v) is 8.93. The van der Waals surface area contributed by atoms with Crippen LogP contribution in [0.5, 0.6) is 0 Å². The molecule has 144 valence electrons. The highest BCUT2D eigenvalue weighted by Gasteiger charge is 2.27. The number of benzene rings is 1. The molecule has 1 amide bonds. The number of amides is 1. The molecule has 0 spiro atoms. The Morgan fingerprint density at radius 3 is 3.00 bits per heavy atom. The minimum absolute atomic E-state index is 0.00440. The minimum atomic E-state index is -0.441. The molecule has 1 atom stereocenters. The number of nitro groups is 1. The van der Waals surface area contributed by atoms with Crippen LogP contribution < -0.4 is 10.6 Å². The van der Waals surface area contributed by atoms with E-state index < -0.39 is 4.92 Å². The van der Waals surface area contributed by atoms with Crippen LogP contribution in [-0.4, -0.2) is 51.5 Å². The molecule has 9 heteroatoms. The number of carbonyl (C=O) groups is 1. The first kappa shape index (κ1) is 19.0. The molecular formula is C18H24N6O3. The van der Waals surface area contributed by atoms with Gasteiger partial charge in [-0.1, -0.05) is 6.07 Å². The smallest absolute Gasteiger partial charge is 0.274 e. The van der Waals surface area contributed by atoms with Crippen LogP contribution in [0.2, 0.25) is 0 Å². The zero-order valence-corrected chi connectivity index (χ0v) is 15.5. The van der Waals surface area contributed by atoms with Gasteiger partial charge in [-0.2, -0.15) is 0 Å². The summed E-state index contributed by atoms with van der Waals surface area (Å²) in [6.45, 7) is 4.73. The molecule has 1 aliphatic rings. The Hall–Kier alpha value is -2.78. The lowest BCUT2D eigenvalue weighted by molar-refractivity contribution is -0.385. The summed E-state index contributed by atoms with van der Waals surface area (Å²) < 4.78 is 2.00. The Morgan fingerprint density at radius 1 is 1.48 bits per heavy atom. The second-order valence-electron chi connectivity index (χ2n) is 6.66. The van der Waals surface area contributed by atoms with Gasteiger partial charge in [-0.05, 0) is 13.0 Å². The van der Waals surface area contributed by atoms with Crippen LogP contribution in [0, 0.1) is 17.0 Å². The summed E-state index contributed by atoms with van der Waals surface area (Å²) in [6.07, 6.45) is 4.00. The molecule has 1 aliphatic heterocycles. The Balaban J connectivity index is 1.62. The Bertz CT molecular complexity index is 834. The van der Waals surface area contributed by atoms with Gasteiger partial charge in [0.1, 0.15) is 5.82 Å². The lowest BCUT2D eigenvalue weighted by atomic mass is 10.1. The van der Waals surface area contributed by atoms with E-state index in [1.165, 1.54) is 6.07 Å². The summed E-state index contributed by atoms with van der Waals surface area (Å²) in [4.78, 5) is 29.7. The van der Waals surface area contributed by atoms with Gasteiger partial charge in [-0.25, -0.2) is 4.98 Å². The Morgan fingerprint density at radius 2 is 2.30 bits per heavy atom. The van der Waals surface area contributed by atoms with Gasteiger partial charge in [-0.15, -0.1) is 0 Å². The molecule has 27 heavy (non-hydrogen) atoms. The Kier molecular flexibility index (Phi) is 5.82. The van der Waals surface area contributed by atoms with Crippen molar-refractivity contribution in [3.63, 3.8) is 0 Å². The highest BCUT2D eigenvalue weighted by Crippen LogP contribution is 2.25. The monoisotopic (exact) mass is 372 g/mol. The van der Waals surface area contributed by atoms with Crippen LogP contribution in [0.1, 0.15) is 23.9 Å². The molecule has 9 nitrogen and oxygen atoms in total. The molecular weight excluding hydrogens is 348 g/mol. The third-order valence-electron chi connectivity index (χ3n) is 4.91. The zero-order chi connectivity index (χ0) is 19.4. The number of nitrogens with zero attached hydrogens (tertiary/aromatic N) is 4. The Labute approximate surface area is 157 Å². The number of aryl methyl sites for hydroxylation is 1. The van der Waals surface area contributed by atoms with E-state index in [1.54, 1.807) is 25.3 Å². The van der Waals surface area contributed by atoms with E-state index in [9.17, 15) is 14.9 Å². The SMILES string of the molecule is Cc1c(NC(=O)CCN2CCNCC2c2nccn2C)cccc1[N+](=O)[O-]. The number of aromatic nitrogens is 2. The van der Waals surface area contributed by atoms with Crippen LogP contribution in [-0.2, 0) is 11.8 Å². The fraction of sp³-hybridized carbons (Fsp3) is 0.444. The van der Waals surface area contributed by atoms with Crippen LogP contribution in [0.15, 0.2) is 30.6 Å². The first-order chi connectivity index (χ1) is 13.0. The van der Waals surface area contributed by atoms with E-state index in [0.29, 0.717) is 24.2 Å². The molecule has 1 unspecified atom stereocenters. The van der Waals surface area contributed by atoms with Gasteiger partial charge in [0.15, 0.2) is 0 Å². The van der Waals surface area contributed by atoms with Crippen LogP contribution in [0.3, 0.4) is 0 Å². The third kappa shape index (κ3) is 4.32. The molecule has 0 aliphatic carbocycles. The van der Waals surface area contributed by atoms with Crippen molar-refractivity contribution in [1.29, 1.82) is 0 Å². The molecule has 0 bridgehead atoms. The third-order valence-corrected chi connectivity index (χ3v) is 4.91. The van der Waals surface area contributed by atoms with Crippen LogP contribution in [0.4, 0.5) is 11.4 Å². The molecule has 3 rings (SSSR count). The molecule has 0 radical (unpaired) electrons. The molecule has 2 N–H and O–H groups in total. The minimum Gasteiger partial charge on any atom is -0.337 e. The molecule has 1 aromatic heterocycles. The summed E-state index contributed by atoms with van der Waals surface area (Å²) in [5, 5.41) is 17.2. The van der Waals surface area contributed by atoms with Crippen molar-refractivity contribution in [2.24, 2.45) is 7.05 Å². The van der Waals surface area contributed by atoms with Crippen molar-refractivity contribution in [3.8, 4) is 0 Å². The maximum atomic E-state index is 12.4. The molecule has 1 fully saturated rings. The highest BCUT2D eigenvalue weighted by molar-refractivity contribution is 5.92. The summed E-state index contributed by atoms with van der Waals surface area (Å²) >= 11 is 0. The van der Waals surface area contributed by atoms with E-state index >= 15 is 0 Å². The first-order valence-electron chi connectivity index (χ1n) is 8.93. The normalized spacial score (nSPS) is 17.6. The van der Waals surface area contributed by atoms with Crippen molar-refractivity contribution in [1.82, 2.24) is 19.8 Å². The van der Waals surface area contributed by atoms with Gasteiger partial charge in [0, 0.05) is 58.1 Å². The van der Waals surface area contributed by atoms with Gasteiger partial charge in [0.25, 0.3) is 5.69 Å². The summed E-state index contributed by atoms with van der Waals surface area (Å²) in [7, 11) is 1.97. The average Bonchev–Trinajstić information content (AvgIpc) is 3.07. The maximum Gasteiger partial charge on any atom is 0.274 e. The molecule has 0 saturated carbocycles. The molecule has 2 aromatic rings. The van der Waals surface area contributed by atoms with Gasteiger partial charge >= 0.3 is 0 Å². The number of hydrogen-bond donors (Lipinski definition) is 2. The number of anilines is 1. The standard InChI is InChI=1S/C18H24N6O3/c1-13-14(4-3-5-15(13)24(26)27)21-17(25)6-9-23-11-7-19-12-16(23)18-20-8-10-22(18)2/h3-5,8,10,16,19H,6-7,9,11-12H2,1-2H3,(H,21,25). The predicted octanol–water partition coefficient (Wildman–Crippen LogP) is 1.61. The number of hydrogen-bond acceptors (Lipinski definition) is 6. The summed E-state index contributed by atoms with van der Waals surface area (Å²) in [6, 6.07) is 4.81. The molecule has 1 saturated heterocycles. The number of nitro benzene ring substituents is 1. The van der Waals surface area contributed by atoms with Crippen molar-refractivity contribution >= 4 is 17.3 Å². The quantitative estimate of drug-likeness (QED) is 0.590. The van der Waals surface area contributed by atoms with Gasteiger partial charge in [-0.3, -0.25) is 19.8 Å². The van der Waals surface area contributed by atoms with Crippen molar-refractivity contribution in [2.75, 3.05) is 31.5 Å². The highest BCUT2D eigenvalue weighted by atomic mass is 16.6. The fourth-order valence-corrected chi connectivity index (χ4v) is 3.38. The summed E-state index contributed by atoms with van der Waals surface area (Å²) in [5.41, 5.74) is 0.948. The second-order valence-corrected chi connectivity index (χ2v) is 6.66. The van der Waals surface area contributed by atoms with Gasteiger partial charge in [0.05, 0.1) is 22.2 Å². The van der Waals surface area contributed by atoms with E-state index in [4.69, 9.17) is 0 Å². The predicted molar refractivity (Wildman–Crippen MR) is 101 cm³/mol. The number of nitrogens with one attached hydrogen (secondary N) is 2. The topological polar surface area (TPSA) is 105 Å². The van der Waals surface area contributed by atoms with E-state index in [0.717, 1.165) is 25.5 Å². The number of rotatable bonds is 6. The van der Waals surface area contributed by atoms with E-state index in [-0.39, 0.29) is 17.6 Å². The molecule has 2 heterocycles. The van der Waals surface area contributed by atoms with Gasteiger partial charge in [0.2, 0.25) is 5.91 Å². The van der Waals surface area contributed by atoms with Crippen molar-refractivity contribution in [3.05, 3.63) is 52.1 Å². The molecule has 1 aromatic carbocycles. The summed E-state index contributed by atoms with van der Waals surface area (Å²) in [5.74, 6) is 0.813. The lowest BCUT2D eigenvalue weighted by Crippen LogP contribution is -2.47. The van der Waals surface area contributed by atoms with E-state index in [1.807, 2.05) is 17.8 Å². The fourth-order valence-electron chi connectivity index (χ4n) is 3.38. The van der Waals surface area contributed by atoms with Crippen molar-refractivity contribution in [2.45, 2.75) is 19.4 Å². The largest absolute Gasteiger partial charge is 0.337 e. The van der Waals surface area contributed by atoms with Gasteiger partial charge < -0.3 is 15.2 Å². The number of piperazine rings is 1.